The van der Waals surface area contributed by atoms with E-state index in [0.29, 0.717) is 6.61 Å². The fraction of sp³-hybridized carbons (Fsp3) is 0.944. The van der Waals surface area contributed by atoms with Crippen molar-refractivity contribution in [1.82, 2.24) is 0 Å². The molecule has 0 aromatic heterocycles. The van der Waals surface area contributed by atoms with Crippen molar-refractivity contribution in [2.24, 2.45) is 5.73 Å². The number of ether oxygens (including phenoxy) is 1. The van der Waals surface area contributed by atoms with Gasteiger partial charge in [0.15, 0.2) is 0 Å². The fourth-order valence-corrected chi connectivity index (χ4v) is 3.21. The van der Waals surface area contributed by atoms with Gasteiger partial charge >= 0.3 is 13.8 Å². The molecule has 3 unspecified atom stereocenters. The van der Waals surface area contributed by atoms with Crippen LogP contribution in [0.1, 0.15) is 71.1 Å². The Morgan fingerprint density at radius 1 is 0.929 bits per heavy atom. The van der Waals surface area contributed by atoms with E-state index < -0.39 is 39.2 Å². The van der Waals surface area contributed by atoms with E-state index in [1.807, 2.05) is 0 Å². The molecule has 0 aliphatic heterocycles. The monoisotopic (exact) mass is 427 g/mol. The quantitative estimate of drug-likeness (QED) is 0.170. The van der Waals surface area contributed by atoms with Gasteiger partial charge in [0.05, 0.1) is 19.8 Å². The number of carboxylic acid groups (broad SMARTS) is 1. The fourth-order valence-electron chi connectivity index (χ4n) is 2.42. The molecule has 3 atom stereocenters. The lowest BCUT2D eigenvalue weighted by molar-refractivity contribution is -0.139. The Labute approximate surface area is 168 Å². The van der Waals surface area contributed by atoms with Crippen molar-refractivity contribution >= 4 is 13.8 Å². The molecule has 0 aromatic rings. The molecule has 10 heteroatoms. The number of unbranched alkanes of at least 4 members (excludes halogenated alkanes) is 9. The van der Waals surface area contributed by atoms with Crippen molar-refractivity contribution in [3.8, 4) is 0 Å². The predicted octanol–water partition coefficient (Wildman–Crippen LogP) is 2.83. The summed E-state index contributed by atoms with van der Waals surface area (Å²) in [4.78, 5) is 19.9. The van der Waals surface area contributed by atoms with E-state index in [0.717, 1.165) is 12.8 Å². The van der Waals surface area contributed by atoms with Crippen LogP contribution in [0.5, 0.6) is 0 Å². The zero-order chi connectivity index (χ0) is 21.3. The molecular weight excluding hydrogens is 389 g/mol. The lowest BCUT2D eigenvalue weighted by Gasteiger charge is -2.16. The van der Waals surface area contributed by atoms with Crippen molar-refractivity contribution < 1.29 is 38.3 Å². The molecule has 0 saturated carbocycles. The third-order valence-electron chi connectivity index (χ3n) is 4.12. The maximum Gasteiger partial charge on any atom is 0.472 e. The zero-order valence-corrected chi connectivity index (χ0v) is 17.9. The number of aliphatic carboxylic acids is 1. The summed E-state index contributed by atoms with van der Waals surface area (Å²) in [5.41, 5.74) is 5.15. The molecule has 0 rings (SSSR count). The smallest absolute Gasteiger partial charge is 0.472 e. The first-order chi connectivity index (χ1) is 13.3. The highest BCUT2D eigenvalue weighted by Crippen LogP contribution is 2.43. The van der Waals surface area contributed by atoms with Crippen LogP contribution in [0.2, 0.25) is 0 Å². The standard InChI is InChI=1S/C18H38NO8P/c1-2-3-4-5-6-7-8-9-10-11-12-25-13-16(20)14-26-28(23,24)27-15-17(19)18(21)22/h16-17,20H,2-15,19H2,1H3,(H,21,22)(H,23,24). The highest BCUT2D eigenvalue weighted by molar-refractivity contribution is 7.47. The molecule has 0 aliphatic carbocycles. The van der Waals surface area contributed by atoms with E-state index >= 15 is 0 Å². The molecule has 0 amide bonds. The van der Waals surface area contributed by atoms with Crippen LogP contribution in [-0.4, -0.2) is 59.6 Å². The Kier molecular flexibility index (Phi) is 17.0. The van der Waals surface area contributed by atoms with E-state index in [2.05, 4.69) is 16.0 Å². The molecule has 0 fully saturated rings. The van der Waals surface area contributed by atoms with Gasteiger partial charge in [0, 0.05) is 6.61 Å². The van der Waals surface area contributed by atoms with E-state index in [9.17, 15) is 19.4 Å². The Morgan fingerprint density at radius 3 is 1.96 bits per heavy atom. The van der Waals surface area contributed by atoms with E-state index in [1.165, 1.54) is 51.4 Å². The highest BCUT2D eigenvalue weighted by Gasteiger charge is 2.25. The number of aliphatic hydroxyl groups excluding tert-OH is 1. The minimum absolute atomic E-state index is 0.0218. The van der Waals surface area contributed by atoms with Gasteiger partial charge in [0.1, 0.15) is 12.1 Å². The highest BCUT2D eigenvalue weighted by atomic mass is 31.2. The average Bonchev–Trinajstić information content (AvgIpc) is 2.65. The SMILES string of the molecule is CCCCCCCCCCCCOCC(O)COP(=O)(O)OCC(N)C(=O)O. The number of hydrogen-bond acceptors (Lipinski definition) is 7. The molecule has 0 heterocycles. The summed E-state index contributed by atoms with van der Waals surface area (Å²) in [6.45, 7) is 1.57. The lowest BCUT2D eigenvalue weighted by Crippen LogP contribution is -2.34. The first-order valence-electron chi connectivity index (χ1n) is 10.1. The van der Waals surface area contributed by atoms with Crippen LogP contribution in [0.15, 0.2) is 0 Å². The number of carbonyl (C=O) groups is 1. The minimum Gasteiger partial charge on any atom is -0.480 e. The maximum absolute atomic E-state index is 11.5. The molecule has 0 radical (unpaired) electrons. The van der Waals surface area contributed by atoms with Crippen LogP contribution in [0.3, 0.4) is 0 Å². The first kappa shape index (κ1) is 27.5. The summed E-state index contributed by atoms with van der Waals surface area (Å²) < 4.78 is 25.9. The summed E-state index contributed by atoms with van der Waals surface area (Å²) in [6, 6.07) is -1.43. The summed E-state index contributed by atoms with van der Waals surface area (Å²) >= 11 is 0. The van der Waals surface area contributed by atoms with Gasteiger partial charge in [-0.1, -0.05) is 64.7 Å². The van der Waals surface area contributed by atoms with Gasteiger partial charge in [-0.15, -0.1) is 0 Å². The number of hydrogen-bond donors (Lipinski definition) is 4. The second-order valence-electron chi connectivity index (χ2n) is 6.92. The molecule has 0 bridgehead atoms. The van der Waals surface area contributed by atoms with Crippen molar-refractivity contribution in [2.75, 3.05) is 26.4 Å². The molecule has 28 heavy (non-hydrogen) atoms. The molecule has 0 saturated heterocycles. The Morgan fingerprint density at radius 2 is 1.43 bits per heavy atom. The third-order valence-corrected chi connectivity index (χ3v) is 5.07. The van der Waals surface area contributed by atoms with Gasteiger partial charge in [-0.25, -0.2) is 4.57 Å². The number of aliphatic hydroxyl groups is 1. The van der Waals surface area contributed by atoms with Crippen molar-refractivity contribution in [3.05, 3.63) is 0 Å². The average molecular weight is 427 g/mol. The number of carboxylic acids is 1. The predicted molar refractivity (Wildman–Crippen MR) is 106 cm³/mol. The van der Waals surface area contributed by atoms with Gasteiger partial charge in [0.2, 0.25) is 0 Å². The van der Waals surface area contributed by atoms with Gasteiger partial charge in [-0.05, 0) is 6.42 Å². The number of nitrogens with two attached hydrogens (primary N) is 1. The summed E-state index contributed by atoms with van der Waals surface area (Å²) in [5, 5.41) is 18.2. The minimum atomic E-state index is -4.47. The molecule has 0 spiro atoms. The van der Waals surface area contributed by atoms with Crippen molar-refractivity contribution in [3.63, 3.8) is 0 Å². The molecule has 5 N–H and O–H groups in total. The van der Waals surface area contributed by atoms with Crippen LogP contribution in [0.25, 0.3) is 0 Å². The molecule has 9 nitrogen and oxygen atoms in total. The van der Waals surface area contributed by atoms with E-state index in [4.69, 9.17) is 15.6 Å². The first-order valence-corrected chi connectivity index (χ1v) is 11.6. The van der Waals surface area contributed by atoms with Crippen molar-refractivity contribution in [2.45, 2.75) is 83.3 Å². The van der Waals surface area contributed by atoms with Crippen molar-refractivity contribution in [1.29, 1.82) is 0 Å². The van der Waals surface area contributed by atoms with Gasteiger partial charge < -0.3 is 25.6 Å². The van der Waals surface area contributed by atoms with Crippen LogP contribution in [0.4, 0.5) is 0 Å². The number of phosphoric ester groups is 1. The second-order valence-corrected chi connectivity index (χ2v) is 8.37. The van der Waals surface area contributed by atoms with Crippen LogP contribution < -0.4 is 5.73 Å². The molecular formula is C18H38NO8P. The van der Waals surface area contributed by atoms with Crippen LogP contribution in [0, 0.1) is 0 Å². The second kappa shape index (κ2) is 17.3. The van der Waals surface area contributed by atoms with Gasteiger partial charge in [-0.3, -0.25) is 13.8 Å². The number of phosphoric acid groups is 1. The maximum atomic E-state index is 11.5. The van der Waals surface area contributed by atoms with Gasteiger partial charge in [-0.2, -0.15) is 0 Å². The summed E-state index contributed by atoms with van der Waals surface area (Å²) in [5.74, 6) is -1.36. The Hall–Kier alpha value is -0.540. The zero-order valence-electron chi connectivity index (χ0n) is 17.0. The van der Waals surface area contributed by atoms with Crippen LogP contribution in [-0.2, 0) is 23.1 Å². The third kappa shape index (κ3) is 17.6. The Bertz CT molecular complexity index is 438. The van der Waals surface area contributed by atoms with E-state index in [1.54, 1.807) is 0 Å². The van der Waals surface area contributed by atoms with Gasteiger partial charge in [0.25, 0.3) is 0 Å². The largest absolute Gasteiger partial charge is 0.480 e. The van der Waals surface area contributed by atoms with E-state index in [-0.39, 0.29) is 6.61 Å². The number of rotatable bonds is 20. The lowest BCUT2D eigenvalue weighted by atomic mass is 10.1. The molecule has 168 valence electrons. The summed E-state index contributed by atoms with van der Waals surface area (Å²) in [7, 11) is -4.47. The van der Waals surface area contributed by atoms with Crippen LogP contribution >= 0.6 is 7.82 Å². The molecule has 0 aliphatic rings. The Balaban J connectivity index is 3.53. The normalized spacial score (nSPS) is 15.9. The topological polar surface area (TPSA) is 149 Å². The molecule has 0 aromatic carbocycles. The summed E-state index contributed by atoms with van der Waals surface area (Å²) in [6.07, 6.45) is 11.2.